The van der Waals surface area contributed by atoms with E-state index in [1.54, 1.807) is 0 Å². The maximum Gasteiger partial charge on any atom is 0.187 e. The fourth-order valence-corrected chi connectivity index (χ4v) is 9.21. The van der Waals surface area contributed by atoms with Crippen LogP contribution >= 0.6 is 0 Å². The third kappa shape index (κ3) is 12.6. The summed E-state index contributed by atoms with van der Waals surface area (Å²) >= 11 is 0. The highest BCUT2D eigenvalue weighted by atomic mass is 16.8. The summed E-state index contributed by atoms with van der Waals surface area (Å²) in [4.78, 5) is 0. The predicted molar refractivity (Wildman–Crippen MR) is 220 cm³/mol. The molecule has 0 amide bonds. The molecule has 7 aliphatic heterocycles. The number of hydrogen-bond donors (Lipinski definition) is 21. The van der Waals surface area contributed by atoms with Crippen molar-refractivity contribution < 1.29 is 169 Å². The van der Waals surface area contributed by atoms with E-state index in [0.29, 0.717) is 0 Å². The van der Waals surface area contributed by atoms with Crippen molar-refractivity contribution in [2.45, 2.75) is 203 Å². The van der Waals surface area contributed by atoms with Gasteiger partial charge in [0.1, 0.15) is 159 Å². The lowest BCUT2D eigenvalue weighted by atomic mass is 9.95. The Morgan fingerprint density at radius 2 is 0.622 bits per heavy atom. The molecular formula is C40H68O34. The summed E-state index contributed by atoms with van der Waals surface area (Å²) in [5.74, 6) is 0. The molecule has 7 fully saturated rings. The predicted octanol–water partition coefficient (Wildman–Crippen LogP) is -15.0. The summed E-state index contributed by atoms with van der Waals surface area (Å²) in [7, 11) is 0. The first-order valence-electron chi connectivity index (χ1n) is 23.5. The maximum absolute atomic E-state index is 11.7. The Labute approximate surface area is 417 Å². The van der Waals surface area contributed by atoms with Gasteiger partial charge in [0, 0.05) is 0 Å². The van der Waals surface area contributed by atoms with E-state index < -0.39 is 249 Å². The Morgan fingerprint density at radius 1 is 0.284 bits per heavy atom. The van der Waals surface area contributed by atoms with Gasteiger partial charge >= 0.3 is 0 Å². The first kappa shape index (κ1) is 60.3. The molecule has 33 atom stereocenters. The Hall–Kier alpha value is -1.36. The molecule has 0 aromatic heterocycles. The first-order chi connectivity index (χ1) is 35.0. The minimum Gasteiger partial charge on any atom is -0.394 e. The van der Waals surface area contributed by atoms with Gasteiger partial charge in [-0.1, -0.05) is 0 Å². The number of ether oxygens (including phenoxy) is 13. The second-order valence-corrected chi connectivity index (χ2v) is 18.8. The molecule has 74 heavy (non-hydrogen) atoms. The highest BCUT2D eigenvalue weighted by Crippen LogP contribution is 2.36. The van der Waals surface area contributed by atoms with Gasteiger partial charge in [-0.2, -0.15) is 0 Å². The number of hydrogen-bond acceptors (Lipinski definition) is 34. The molecular weight excluding hydrogens is 1020 g/mol. The Kier molecular flexibility index (Phi) is 21.0. The van der Waals surface area contributed by atoms with Crippen LogP contribution in [0.2, 0.25) is 0 Å². The van der Waals surface area contributed by atoms with Gasteiger partial charge in [-0.05, 0) is 0 Å². The van der Waals surface area contributed by atoms with E-state index in [0.717, 1.165) is 0 Å². The van der Waals surface area contributed by atoms with Gasteiger partial charge in [0.25, 0.3) is 0 Å². The third-order valence-corrected chi connectivity index (χ3v) is 13.7. The van der Waals surface area contributed by atoms with Gasteiger partial charge in [-0.15, -0.1) is 0 Å². The quantitative estimate of drug-likeness (QED) is 0.0643. The molecule has 0 aliphatic carbocycles. The molecule has 0 aromatic carbocycles. The summed E-state index contributed by atoms with van der Waals surface area (Å²) < 4.78 is 73.3. The lowest BCUT2D eigenvalue weighted by Crippen LogP contribution is -2.68. The average Bonchev–Trinajstić information content (AvgIpc) is 3.38. The minimum absolute atomic E-state index is 0.556. The Balaban J connectivity index is 1.15. The van der Waals surface area contributed by atoms with Crippen molar-refractivity contribution in [1.29, 1.82) is 0 Å². The topological polar surface area (TPSA) is 545 Å². The van der Waals surface area contributed by atoms with Crippen molar-refractivity contribution >= 4 is 0 Å². The SMILES string of the molecule is OC[C@H]1O[C@@H](O[C@H]2[C@@H](OC[C@H]3O[C@@H](O[C@H]4[C@H](O)[C@@H](O)[C@H](O[C@H]5[C@H](O)[C@@H](O)C(O)O[C@@H]5CO)O[C@@H]4CO[C@H]4OC[C@@H](O)[C@H](O)[C@H]4O)[C@H](O)[C@@H](O)[C@@H]3O[C@@H]3O[C@H](CO)[C@@H](O)[C@H](O)[C@H]3O)OC[C@@H](O)[C@@H]2O)[C@H](O)[C@@H](O)[C@H]1O. The van der Waals surface area contributed by atoms with E-state index in [2.05, 4.69) is 0 Å². The van der Waals surface area contributed by atoms with Crippen molar-refractivity contribution in [1.82, 2.24) is 0 Å². The summed E-state index contributed by atoms with van der Waals surface area (Å²) in [6.07, 6.45) is -63.7. The van der Waals surface area contributed by atoms with Crippen LogP contribution in [-0.4, -0.2) is 356 Å². The number of aliphatic hydroxyl groups excluding tert-OH is 21. The lowest BCUT2D eigenvalue weighted by Gasteiger charge is -2.49. The van der Waals surface area contributed by atoms with Crippen molar-refractivity contribution in [3.05, 3.63) is 0 Å². The second-order valence-electron chi connectivity index (χ2n) is 18.8. The largest absolute Gasteiger partial charge is 0.394 e. The van der Waals surface area contributed by atoms with E-state index >= 15 is 0 Å². The molecule has 34 nitrogen and oxygen atoms in total. The van der Waals surface area contributed by atoms with Crippen molar-refractivity contribution in [2.24, 2.45) is 0 Å². The fourth-order valence-electron chi connectivity index (χ4n) is 9.21. The van der Waals surface area contributed by atoms with Gasteiger partial charge in [0.15, 0.2) is 44.0 Å². The molecule has 0 radical (unpaired) electrons. The lowest BCUT2D eigenvalue weighted by molar-refractivity contribution is -0.394. The summed E-state index contributed by atoms with van der Waals surface area (Å²) in [6.45, 7) is -5.80. The minimum atomic E-state index is -2.32. The van der Waals surface area contributed by atoms with Gasteiger partial charge in [0.2, 0.25) is 0 Å². The van der Waals surface area contributed by atoms with Crippen LogP contribution in [-0.2, 0) is 61.6 Å². The van der Waals surface area contributed by atoms with Crippen molar-refractivity contribution in [3.63, 3.8) is 0 Å². The zero-order valence-electron chi connectivity index (χ0n) is 38.7. The van der Waals surface area contributed by atoms with E-state index in [9.17, 15) is 107 Å². The maximum atomic E-state index is 11.7. The monoisotopic (exact) mass is 1090 g/mol. The van der Waals surface area contributed by atoms with Crippen LogP contribution in [0.5, 0.6) is 0 Å². The van der Waals surface area contributed by atoms with Crippen molar-refractivity contribution in [3.8, 4) is 0 Å². The zero-order chi connectivity index (χ0) is 54.2. The number of aliphatic hydroxyl groups is 21. The van der Waals surface area contributed by atoms with Gasteiger partial charge in [0.05, 0.1) is 46.2 Å². The molecule has 432 valence electrons. The highest BCUT2D eigenvalue weighted by molar-refractivity contribution is 4.99. The van der Waals surface area contributed by atoms with E-state index in [1.165, 1.54) is 0 Å². The molecule has 0 spiro atoms. The van der Waals surface area contributed by atoms with Crippen LogP contribution in [0.1, 0.15) is 0 Å². The smallest absolute Gasteiger partial charge is 0.187 e. The molecule has 0 aromatic rings. The second kappa shape index (κ2) is 25.8. The summed E-state index contributed by atoms with van der Waals surface area (Å²) in [6, 6.07) is 0. The summed E-state index contributed by atoms with van der Waals surface area (Å²) in [5, 5.41) is 222. The molecule has 0 bridgehead atoms. The van der Waals surface area contributed by atoms with Gasteiger partial charge < -0.3 is 169 Å². The Bertz CT molecular complexity index is 1710. The zero-order valence-corrected chi connectivity index (χ0v) is 38.7. The highest BCUT2D eigenvalue weighted by Gasteiger charge is 2.57. The summed E-state index contributed by atoms with van der Waals surface area (Å²) in [5.41, 5.74) is 0. The van der Waals surface area contributed by atoms with Gasteiger partial charge in [-0.25, -0.2) is 0 Å². The Morgan fingerprint density at radius 3 is 1.07 bits per heavy atom. The first-order valence-corrected chi connectivity index (χ1v) is 23.5. The fraction of sp³-hybridized carbons (Fsp3) is 1.00. The standard InChI is InChI=1S/C40H68O34/c41-1-10-17(48)19(50)26(57)36(67-10)72-32-14(7-65-40-33(16(47)9(45)5-63-40)74-37-27(58)20(51)18(49)11(2-42)68-37)70-39(29(60)23(32)54)73-31-13(6-64-35-25(56)15(46)8(44)4-62-35)69-38(28(59)22(31)53)71-30-12(3-43)66-34(61)24(55)21(30)52/h8-61H,1-7H2/t8-,9-,10-,11-,12-,13-,14-,15+,16+,17-,18+,19+,20+,21-,22-,23-,24-,25-,26-,27-,28-,29-,30-,31-,32-,33-,34?,35-,36+,37+,38+,39+,40-/m1/s1. The van der Waals surface area contributed by atoms with E-state index in [-0.39, 0.29) is 0 Å². The van der Waals surface area contributed by atoms with Crippen LogP contribution in [0.3, 0.4) is 0 Å². The molecule has 0 saturated carbocycles. The number of rotatable bonds is 17. The van der Waals surface area contributed by atoms with Crippen LogP contribution in [0, 0.1) is 0 Å². The van der Waals surface area contributed by atoms with E-state index in [1.807, 2.05) is 0 Å². The third-order valence-electron chi connectivity index (χ3n) is 13.7. The molecule has 34 heteroatoms. The van der Waals surface area contributed by atoms with Crippen LogP contribution in [0.25, 0.3) is 0 Å². The molecule has 7 rings (SSSR count). The van der Waals surface area contributed by atoms with Crippen LogP contribution in [0.4, 0.5) is 0 Å². The molecule has 7 heterocycles. The van der Waals surface area contributed by atoms with Crippen molar-refractivity contribution in [2.75, 3.05) is 46.2 Å². The van der Waals surface area contributed by atoms with Crippen LogP contribution in [0.15, 0.2) is 0 Å². The normalized spacial score (nSPS) is 53.7. The van der Waals surface area contributed by atoms with E-state index in [4.69, 9.17) is 61.6 Å². The molecule has 7 aliphatic rings. The molecule has 7 saturated heterocycles. The molecule has 1 unspecified atom stereocenters. The average molecular weight is 1090 g/mol. The van der Waals surface area contributed by atoms with Crippen LogP contribution < -0.4 is 0 Å². The molecule has 21 N–H and O–H groups in total. The van der Waals surface area contributed by atoms with Gasteiger partial charge in [-0.3, -0.25) is 0 Å².